The topological polar surface area (TPSA) is 63.0 Å². The summed E-state index contributed by atoms with van der Waals surface area (Å²) in [7, 11) is 0. The molecule has 2 aromatic rings. The van der Waals surface area contributed by atoms with Gasteiger partial charge in [-0.15, -0.1) is 0 Å². The van der Waals surface area contributed by atoms with Gasteiger partial charge in [0.2, 0.25) is 0 Å². The van der Waals surface area contributed by atoms with E-state index in [1.807, 2.05) is 0 Å². The molecule has 0 saturated heterocycles. The minimum absolute atomic E-state index is 0.153. The van der Waals surface area contributed by atoms with Crippen molar-refractivity contribution in [2.75, 3.05) is 6.61 Å². The molecule has 1 unspecified atom stereocenters. The van der Waals surface area contributed by atoms with Crippen LogP contribution in [0.5, 0.6) is 0 Å². The van der Waals surface area contributed by atoms with Crippen molar-refractivity contribution in [1.82, 2.24) is 20.1 Å². The molecule has 0 radical (unpaired) electrons. The van der Waals surface area contributed by atoms with Crippen LogP contribution in [0.2, 0.25) is 0 Å². The maximum atomic E-state index is 9.40. The van der Waals surface area contributed by atoms with Gasteiger partial charge < -0.3 is 10.4 Å². The summed E-state index contributed by atoms with van der Waals surface area (Å²) >= 11 is 0. The van der Waals surface area contributed by atoms with Crippen LogP contribution in [0, 0.1) is 12.8 Å². The van der Waals surface area contributed by atoms with E-state index in [0.29, 0.717) is 5.92 Å². The van der Waals surface area contributed by atoms with Gasteiger partial charge >= 0.3 is 0 Å². The first-order valence-electron chi connectivity index (χ1n) is 7.39. The van der Waals surface area contributed by atoms with E-state index in [1.54, 1.807) is 11.0 Å². The number of benzene rings is 1. The molecule has 0 amide bonds. The maximum Gasteiger partial charge on any atom is 0.138 e. The molecular weight excluding hydrogens is 264 g/mol. The van der Waals surface area contributed by atoms with Crippen molar-refractivity contribution in [1.29, 1.82) is 0 Å². The predicted molar refractivity (Wildman–Crippen MR) is 83.3 cm³/mol. The Bertz CT molecular complexity index is 551. The fourth-order valence-corrected chi connectivity index (χ4v) is 2.47. The third-order valence-corrected chi connectivity index (χ3v) is 3.50. The standard InChI is InChI=1S/C16H24N4O/c1-12(2)6-15(9-21)18-8-14-4-5-16(13(3)7-14)20-11-17-10-19-20/h4-5,7,10-12,15,18,21H,6,8-9H2,1-3H3. The summed E-state index contributed by atoms with van der Waals surface area (Å²) in [6.45, 7) is 7.34. The number of aliphatic hydroxyl groups excluding tert-OH is 1. The van der Waals surface area contributed by atoms with Gasteiger partial charge in [0.1, 0.15) is 12.7 Å². The van der Waals surface area contributed by atoms with Gasteiger partial charge in [-0.05, 0) is 36.5 Å². The van der Waals surface area contributed by atoms with Crippen molar-refractivity contribution in [3.63, 3.8) is 0 Å². The van der Waals surface area contributed by atoms with Crippen molar-refractivity contribution in [3.8, 4) is 5.69 Å². The summed E-state index contributed by atoms with van der Waals surface area (Å²) in [5, 5.41) is 17.0. The molecule has 5 heteroatoms. The molecule has 1 aromatic carbocycles. The molecule has 2 N–H and O–H groups in total. The molecule has 5 nitrogen and oxygen atoms in total. The highest BCUT2D eigenvalue weighted by Gasteiger charge is 2.09. The van der Waals surface area contributed by atoms with E-state index in [4.69, 9.17) is 0 Å². The van der Waals surface area contributed by atoms with E-state index in [2.05, 4.69) is 54.4 Å². The van der Waals surface area contributed by atoms with Gasteiger partial charge in [-0.1, -0.05) is 26.0 Å². The number of nitrogens with one attached hydrogen (secondary N) is 1. The summed E-state index contributed by atoms with van der Waals surface area (Å²) in [6, 6.07) is 6.44. The second-order valence-electron chi connectivity index (χ2n) is 5.85. The SMILES string of the molecule is Cc1cc(CNC(CO)CC(C)C)ccc1-n1cncn1. The highest BCUT2D eigenvalue weighted by molar-refractivity contribution is 5.41. The Morgan fingerprint density at radius 1 is 1.33 bits per heavy atom. The van der Waals surface area contributed by atoms with Crippen molar-refractivity contribution in [2.24, 2.45) is 5.92 Å². The van der Waals surface area contributed by atoms with Gasteiger partial charge in [-0.3, -0.25) is 0 Å². The summed E-state index contributed by atoms with van der Waals surface area (Å²) in [4.78, 5) is 3.97. The lowest BCUT2D eigenvalue weighted by Gasteiger charge is -2.18. The fraction of sp³-hybridized carbons (Fsp3) is 0.500. The van der Waals surface area contributed by atoms with E-state index in [1.165, 1.54) is 11.9 Å². The quantitative estimate of drug-likeness (QED) is 0.819. The average Bonchev–Trinajstić information content (AvgIpc) is 2.97. The third-order valence-electron chi connectivity index (χ3n) is 3.50. The molecule has 0 fully saturated rings. The number of rotatable bonds is 7. The van der Waals surface area contributed by atoms with Gasteiger partial charge in [0.05, 0.1) is 12.3 Å². The lowest BCUT2D eigenvalue weighted by molar-refractivity contribution is 0.223. The molecule has 0 saturated carbocycles. The highest BCUT2D eigenvalue weighted by Crippen LogP contribution is 2.15. The Labute approximate surface area is 126 Å². The second kappa shape index (κ2) is 7.33. The first-order valence-corrected chi connectivity index (χ1v) is 7.39. The molecule has 1 heterocycles. The number of hydrogen-bond donors (Lipinski definition) is 2. The van der Waals surface area contributed by atoms with E-state index in [0.717, 1.165) is 24.2 Å². The molecule has 0 aliphatic rings. The minimum atomic E-state index is 0.153. The minimum Gasteiger partial charge on any atom is -0.395 e. The van der Waals surface area contributed by atoms with Gasteiger partial charge in [-0.25, -0.2) is 9.67 Å². The summed E-state index contributed by atoms with van der Waals surface area (Å²) in [6.07, 6.45) is 4.21. The highest BCUT2D eigenvalue weighted by atomic mass is 16.3. The monoisotopic (exact) mass is 288 g/mol. The largest absolute Gasteiger partial charge is 0.395 e. The number of aliphatic hydroxyl groups is 1. The van der Waals surface area contributed by atoms with Crippen LogP contribution >= 0.6 is 0 Å². The van der Waals surface area contributed by atoms with Crippen LogP contribution in [0.25, 0.3) is 5.69 Å². The van der Waals surface area contributed by atoms with Crippen LogP contribution in [0.15, 0.2) is 30.9 Å². The zero-order valence-corrected chi connectivity index (χ0v) is 13.0. The predicted octanol–water partition coefficient (Wildman–Crippen LogP) is 2.07. The zero-order chi connectivity index (χ0) is 15.2. The molecule has 0 bridgehead atoms. The smallest absolute Gasteiger partial charge is 0.138 e. The second-order valence-corrected chi connectivity index (χ2v) is 5.85. The van der Waals surface area contributed by atoms with Crippen molar-refractivity contribution in [3.05, 3.63) is 42.0 Å². The summed E-state index contributed by atoms with van der Waals surface area (Å²) in [5.41, 5.74) is 3.40. The van der Waals surface area contributed by atoms with E-state index in [9.17, 15) is 5.11 Å². The van der Waals surface area contributed by atoms with Gasteiger partial charge in [-0.2, -0.15) is 5.10 Å². The van der Waals surface area contributed by atoms with Crippen molar-refractivity contribution < 1.29 is 5.11 Å². The number of hydrogen-bond acceptors (Lipinski definition) is 4. The normalized spacial score (nSPS) is 12.8. The molecule has 21 heavy (non-hydrogen) atoms. The summed E-state index contributed by atoms with van der Waals surface area (Å²) in [5.74, 6) is 0.575. The van der Waals surface area contributed by atoms with Crippen LogP contribution in [-0.4, -0.2) is 32.5 Å². The number of aromatic nitrogens is 3. The Balaban J connectivity index is 2.00. The Kier molecular flexibility index (Phi) is 5.47. The van der Waals surface area contributed by atoms with Crippen molar-refractivity contribution in [2.45, 2.75) is 39.8 Å². The zero-order valence-electron chi connectivity index (χ0n) is 13.0. The third kappa shape index (κ3) is 4.37. The Morgan fingerprint density at radius 3 is 2.71 bits per heavy atom. The average molecular weight is 288 g/mol. The summed E-state index contributed by atoms with van der Waals surface area (Å²) < 4.78 is 1.77. The van der Waals surface area contributed by atoms with Crippen LogP contribution < -0.4 is 5.32 Å². The lowest BCUT2D eigenvalue weighted by atomic mass is 10.0. The lowest BCUT2D eigenvalue weighted by Crippen LogP contribution is -2.33. The van der Waals surface area contributed by atoms with Crippen LogP contribution in [0.1, 0.15) is 31.4 Å². The van der Waals surface area contributed by atoms with Crippen LogP contribution in [0.3, 0.4) is 0 Å². The van der Waals surface area contributed by atoms with E-state index in [-0.39, 0.29) is 12.6 Å². The first kappa shape index (κ1) is 15.7. The van der Waals surface area contributed by atoms with Crippen molar-refractivity contribution >= 4 is 0 Å². The molecule has 2 rings (SSSR count). The molecule has 0 spiro atoms. The molecule has 1 aromatic heterocycles. The van der Waals surface area contributed by atoms with E-state index < -0.39 is 0 Å². The Hall–Kier alpha value is -1.72. The molecule has 1 atom stereocenters. The van der Waals surface area contributed by atoms with Crippen LogP contribution in [-0.2, 0) is 6.54 Å². The molecule has 114 valence electrons. The number of nitrogens with zero attached hydrogens (tertiary/aromatic N) is 3. The fourth-order valence-electron chi connectivity index (χ4n) is 2.47. The Morgan fingerprint density at radius 2 is 2.14 bits per heavy atom. The van der Waals surface area contributed by atoms with E-state index >= 15 is 0 Å². The van der Waals surface area contributed by atoms with Crippen LogP contribution in [0.4, 0.5) is 0 Å². The molecule has 0 aliphatic carbocycles. The van der Waals surface area contributed by atoms with Gasteiger partial charge in [0.25, 0.3) is 0 Å². The number of aryl methyl sites for hydroxylation is 1. The first-order chi connectivity index (χ1) is 10.1. The maximum absolute atomic E-state index is 9.40. The molecule has 0 aliphatic heterocycles. The van der Waals surface area contributed by atoms with Gasteiger partial charge in [0.15, 0.2) is 0 Å². The van der Waals surface area contributed by atoms with Gasteiger partial charge in [0, 0.05) is 12.6 Å². The molecular formula is C16H24N4O.